The summed E-state index contributed by atoms with van der Waals surface area (Å²) in [4.78, 5) is 23.7. The molecule has 1 aromatic carbocycles. The molecule has 1 aliphatic carbocycles. The molecule has 0 heterocycles. The van der Waals surface area contributed by atoms with Crippen molar-refractivity contribution in [2.24, 2.45) is 5.41 Å². The smallest absolute Gasteiger partial charge is 0.317 e. The predicted molar refractivity (Wildman–Crippen MR) is 68.4 cm³/mol. The third kappa shape index (κ3) is 2.17. The molecule has 0 saturated heterocycles. The topological polar surface area (TPSA) is 54.4 Å². The van der Waals surface area contributed by atoms with E-state index < -0.39 is 11.4 Å². The molecule has 0 bridgehead atoms. The van der Waals surface area contributed by atoms with Gasteiger partial charge in [0.05, 0.1) is 0 Å². The maximum absolute atomic E-state index is 12.1. The van der Waals surface area contributed by atoms with Gasteiger partial charge in [-0.2, -0.15) is 0 Å². The van der Waals surface area contributed by atoms with Crippen molar-refractivity contribution in [1.82, 2.24) is 0 Å². The van der Waals surface area contributed by atoms with Crippen LogP contribution in [0, 0.1) is 12.3 Å². The zero-order valence-electron chi connectivity index (χ0n) is 10.6. The Balaban J connectivity index is 2.35. The highest BCUT2D eigenvalue weighted by Gasteiger charge is 2.46. The van der Waals surface area contributed by atoms with E-state index in [4.69, 9.17) is 0 Å². The molecule has 2 rings (SSSR count). The molecule has 1 aliphatic rings. The maximum Gasteiger partial charge on any atom is 0.317 e. The highest BCUT2D eigenvalue weighted by Crippen LogP contribution is 2.37. The number of aliphatic carboxylic acids is 1. The minimum atomic E-state index is -1.19. The summed E-state index contributed by atoms with van der Waals surface area (Å²) in [6, 6.07) is 7.69. The van der Waals surface area contributed by atoms with E-state index in [2.05, 4.69) is 0 Å². The fourth-order valence-corrected chi connectivity index (χ4v) is 2.71. The van der Waals surface area contributed by atoms with E-state index in [1.807, 2.05) is 31.2 Å². The van der Waals surface area contributed by atoms with Crippen molar-refractivity contribution in [3.63, 3.8) is 0 Å². The number of carboxylic acids is 1. The molecule has 3 nitrogen and oxygen atoms in total. The molecule has 0 radical (unpaired) electrons. The summed E-state index contributed by atoms with van der Waals surface area (Å²) in [6.07, 6.45) is 2.84. The number of benzene rings is 1. The second kappa shape index (κ2) is 4.92. The van der Waals surface area contributed by atoms with Crippen molar-refractivity contribution >= 4 is 11.8 Å². The summed E-state index contributed by atoms with van der Waals surface area (Å²) in [6.45, 7) is 1.96. The Labute approximate surface area is 107 Å². The molecule has 18 heavy (non-hydrogen) atoms. The number of carbonyl (C=O) groups is 2. The number of hydrogen-bond donors (Lipinski definition) is 1. The van der Waals surface area contributed by atoms with Gasteiger partial charge in [0.1, 0.15) is 5.41 Å². The molecule has 1 N–H and O–H groups in total. The van der Waals surface area contributed by atoms with E-state index in [0.29, 0.717) is 19.3 Å². The Morgan fingerprint density at radius 2 is 2.06 bits per heavy atom. The summed E-state index contributed by atoms with van der Waals surface area (Å²) in [5.74, 6) is -1.07. The Bertz CT molecular complexity index is 478. The minimum Gasteiger partial charge on any atom is -0.480 e. The third-order valence-electron chi connectivity index (χ3n) is 3.95. The van der Waals surface area contributed by atoms with Crippen LogP contribution >= 0.6 is 0 Å². The van der Waals surface area contributed by atoms with E-state index in [1.54, 1.807) is 0 Å². The number of rotatable bonds is 3. The summed E-state index contributed by atoms with van der Waals surface area (Å²) in [5.41, 5.74) is 0.830. The van der Waals surface area contributed by atoms with Crippen LogP contribution < -0.4 is 0 Å². The molecule has 3 heteroatoms. The molecule has 0 amide bonds. The number of carboxylic acid groups (broad SMARTS) is 1. The molecule has 1 unspecified atom stereocenters. The first-order valence-corrected chi connectivity index (χ1v) is 6.37. The van der Waals surface area contributed by atoms with Crippen LogP contribution in [0.25, 0.3) is 0 Å². The molecule has 96 valence electrons. The van der Waals surface area contributed by atoms with Crippen LogP contribution in [0.3, 0.4) is 0 Å². The van der Waals surface area contributed by atoms with E-state index in [1.165, 1.54) is 0 Å². The molecule has 1 saturated carbocycles. The zero-order chi connectivity index (χ0) is 13.2. The third-order valence-corrected chi connectivity index (χ3v) is 3.95. The molecule has 1 atom stereocenters. The first-order chi connectivity index (χ1) is 8.56. The Hall–Kier alpha value is -1.64. The van der Waals surface area contributed by atoms with Crippen LogP contribution in [0.1, 0.15) is 36.8 Å². The van der Waals surface area contributed by atoms with Crippen LogP contribution in [0.15, 0.2) is 24.3 Å². The minimum absolute atomic E-state index is 0.107. The molecule has 1 aromatic rings. The van der Waals surface area contributed by atoms with Crippen LogP contribution in [0.2, 0.25) is 0 Å². The highest BCUT2D eigenvalue weighted by atomic mass is 16.4. The normalized spacial score (nSPS) is 23.9. The first-order valence-electron chi connectivity index (χ1n) is 6.37. The average molecular weight is 246 g/mol. The van der Waals surface area contributed by atoms with Gasteiger partial charge in [-0.3, -0.25) is 9.59 Å². The second-order valence-electron chi connectivity index (χ2n) is 5.12. The summed E-state index contributed by atoms with van der Waals surface area (Å²) in [5, 5.41) is 9.49. The van der Waals surface area contributed by atoms with Gasteiger partial charge in [-0.15, -0.1) is 0 Å². The van der Waals surface area contributed by atoms with Gasteiger partial charge in [-0.05, 0) is 37.3 Å². The molecular weight excluding hydrogens is 228 g/mol. The lowest BCUT2D eigenvalue weighted by Crippen LogP contribution is -2.43. The lowest BCUT2D eigenvalue weighted by molar-refractivity contribution is -0.157. The molecule has 0 aliphatic heterocycles. The zero-order valence-corrected chi connectivity index (χ0v) is 10.6. The Kier molecular flexibility index (Phi) is 3.50. The average Bonchev–Trinajstić information content (AvgIpc) is 2.34. The quantitative estimate of drug-likeness (QED) is 0.834. The van der Waals surface area contributed by atoms with E-state index in [0.717, 1.165) is 24.0 Å². The van der Waals surface area contributed by atoms with Crippen LogP contribution in [-0.4, -0.2) is 16.9 Å². The van der Waals surface area contributed by atoms with Crippen LogP contribution in [0.4, 0.5) is 0 Å². The lowest BCUT2D eigenvalue weighted by Gasteiger charge is -2.32. The predicted octanol–water partition coefficient (Wildman–Crippen LogP) is 2.75. The monoisotopic (exact) mass is 246 g/mol. The van der Waals surface area contributed by atoms with Gasteiger partial charge in [0.2, 0.25) is 0 Å². The molecule has 1 fully saturated rings. The van der Waals surface area contributed by atoms with E-state index in [9.17, 15) is 14.7 Å². The molecule has 0 spiro atoms. The standard InChI is InChI=1S/C15H18O3/c1-11-6-2-3-7-12(11)10-15(14(17)18)9-5-4-8-13(15)16/h2-3,6-7H,4-5,8-10H2,1H3,(H,17,18). The molecular formula is C15H18O3. The van der Waals surface area contributed by atoms with Crippen molar-refractivity contribution < 1.29 is 14.7 Å². The fraction of sp³-hybridized carbons (Fsp3) is 0.467. The fourth-order valence-electron chi connectivity index (χ4n) is 2.71. The van der Waals surface area contributed by atoms with Gasteiger partial charge in [0.15, 0.2) is 5.78 Å². The van der Waals surface area contributed by atoms with Gasteiger partial charge < -0.3 is 5.11 Å². The lowest BCUT2D eigenvalue weighted by atomic mass is 9.69. The van der Waals surface area contributed by atoms with Gasteiger partial charge in [-0.25, -0.2) is 0 Å². The summed E-state index contributed by atoms with van der Waals surface area (Å²) >= 11 is 0. The van der Waals surface area contributed by atoms with Gasteiger partial charge >= 0.3 is 5.97 Å². The van der Waals surface area contributed by atoms with Crippen LogP contribution in [0.5, 0.6) is 0 Å². The number of Topliss-reactive ketones (excluding diaryl/α,β-unsaturated/α-hetero) is 1. The van der Waals surface area contributed by atoms with Gasteiger partial charge in [0.25, 0.3) is 0 Å². The van der Waals surface area contributed by atoms with E-state index >= 15 is 0 Å². The van der Waals surface area contributed by atoms with Gasteiger partial charge in [-0.1, -0.05) is 30.7 Å². The SMILES string of the molecule is Cc1ccccc1CC1(C(=O)O)CCCCC1=O. The number of ketones is 1. The van der Waals surface area contributed by atoms with Crippen molar-refractivity contribution in [3.05, 3.63) is 35.4 Å². The van der Waals surface area contributed by atoms with E-state index in [-0.39, 0.29) is 5.78 Å². The van der Waals surface area contributed by atoms with Crippen LogP contribution in [-0.2, 0) is 16.0 Å². The summed E-state index contributed by atoms with van der Waals surface area (Å²) < 4.78 is 0. The maximum atomic E-state index is 12.1. The molecule has 0 aromatic heterocycles. The largest absolute Gasteiger partial charge is 0.480 e. The first kappa shape index (κ1) is 12.8. The van der Waals surface area contributed by atoms with Crippen molar-refractivity contribution in [2.45, 2.75) is 39.0 Å². The highest BCUT2D eigenvalue weighted by molar-refractivity contribution is 6.03. The Morgan fingerprint density at radius 3 is 2.67 bits per heavy atom. The van der Waals surface area contributed by atoms with Crippen molar-refractivity contribution in [3.8, 4) is 0 Å². The number of hydrogen-bond acceptors (Lipinski definition) is 2. The Morgan fingerprint density at radius 1 is 1.33 bits per heavy atom. The number of aryl methyl sites for hydroxylation is 1. The summed E-state index contributed by atoms with van der Waals surface area (Å²) in [7, 11) is 0. The van der Waals surface area contributed by atoms with Crippen molar-refractivity contribution in [2.75, 3.05) is 0 Å². The second-order valence-corrected chi connectivity index (χ2v) is 5.12. The van der Waals surface area contributed by atoms with Gasteiger partial charge in [0, 0.05) is 6.42 Å². The number of carbonyl (C=O) groups excluding carboxylic acids is 1. The van der Waals surface area contributed by atoms with Crippen molar-refractivity contribution in [1.29, 1.82) is 0 Å².